The second-order valence-corrected chi connectivity index (χ2v) is 4.67. The van der Waals surface area contributed by atoms with Gasteiger partial charge in [0.25, 0.3) is 0 Å². The Morgan fingerprint density at radius 1 is 1.29 bits per heavy atom. The molecular weight excluding hydrogens is 213 g/mol. The van der Waals surface area contributed by atoms with Crippen LogP contribution in [0.2, 0.25) is 0 Å². The number of hydrogen-bond acceptors (Lipinski definition) is 1. The Morgan fingerprint density at radius 2 is 2.06 bits per heavy atom. The van der Waals surface area contributed by atoms with Gasteiger partial charge in [0.1, 0.15) is 5.82 Å². The Kier molecular flexibility index (Phi) is 6.20. The van der Waals surface area contributed by atoms with Crippen molar-refractivity contribution in [3.05, 3.63) is 35.1 Å². The predicted octanol–water partition coefficient (Wildman–Crippen LogP) is 3.84. The first-order chi connectivity index (χ1) is 8.17. The molecule has 0 aromatic heterocycles. The molecule has 96 valence electrons. The molecule has 0 radical (unpaired) electrons. The minimum atomic E-state index is -0.128. The van der Waals surface area contributed by atoms with Gasteiger partial charge in [0.2, 0.25) is 0 Å². The van der Waals surface area contributed by atoms with E-state index in [0.29, 0.717) is 6.04 Å². The summed E-state index contributed by atoms with van der Waals surface area (Å²) in [6, 6.07) is 5.55. The van der Waals surface area contributed by atoms with Crippen molar-refractivity contribution in [1.82, 2.24) is 5.32 Å². The molecule has 0 aliphatic rings. The first kappa shape index (κ1) is 14.2. The zero-order valence-electron chi connectivity index (χ0n) is 11.2. The molecule has 2 heteroatoms. The van der Waals surface area contributed by atoms with Crippen LogP contribution in [0.3, 0.4) is 0 Å². The van der Waals surface area contributed by atoms with E-state index in [9.17, 15) is 4.39 Å². The summed E-state index contributed by atoms with van der Waals surface area (Å²) >= 11 is 0. The van der Waals surface area contributed by atoms with E-state index in [4.69, 9.17) is 0 Å². The molecule has 0 saturated carbocycles. The van der Waals surface area contributed by atoms with Gasteiger partial charge in [-0.25, -0.2) is 4.39 Å². The maximum atomic E-state index is 13.2. The first-order valence-electron chi connectivity index (χ1n) is 6.65. The molecule has 0 saturated heterocycles. The molecule has 1 atom stereocenters. The lowest BCUT2D eigenvalue weighted by Gasteiger charge is -2.18. The summed E-state index contributed by atoms with van der Waals surface area (Å²) in [5, 5.41) is 3.49. The van der Waals surface area contributed by atoms with Crippen molar-refractivity contribution in [2.75, 3.05) is 6.54 Å². The Labute approximate surface area is 104 Å². The second kappa shape index (κ2) is 7.44. The van der Waals surface area contributed by atoms with Gasteiger partial charge in [0.05, 0.1) is 0 Å². The van der Waals surface area contributed by atoms with Gasteiger partial charge in [-0.3, -0.25) is 0 Å². The third-order valence-electron chi connectivity index (χ3n) is 3.18. The van der Waals surface area contributed by atoms with E-state index in [1.807, 2.05) is 6.07 Å². The van der Waals surface area contributed by atoms with Crippen molar-refractivity contribution in [3.63, 3.8) is 0 Å². The molecule has 1 aromatic carbocycles. The van der Waals surface area contributed by atoms with Crippen molar-refractivity contribution in [2.45, 2.75) is 52.5 Å². The van der Waals surface area contributed by atoms with E-state index in [-0.39, 0.29) is 5.82 Å². The average molecular weight is 237 g/mol. The lowest BCUT2D eigenvalue weighted by atomic mass is 9.97. The van der Waals surface area contributed by atoms with Crippen LogP contribution in [0.1, 0.15) is 44.2 Å². The maximum absolute atomic E-state index is 13.2. The molecule has 0 heterocycles. The van der Waals surface area contributed by atoms with Crippen molar-refractivity contribution in [2.24, 2.45) is 0 Å². The minimum Gasteiger partial charge on any atom is -0.314 e. The number of aryl methyl sites for hydroxylation is 1. The van der Waals surface area contributed by atoms with Crippen LogP contribution in [0.15, 0.2) is 18.2 Å². The van der Waals surface area contributed by atoms with Gasteiger partial charge >= 0.3 is 0 Å². The third kappa shape index (κ3) is 4.86. The fraction of sp³-hybridized carbons (Fsp3) is 0.600. The van der Waals surface area contributed by atoms with Crippen LogP contribution in [0, 0.1) is 12.7 Å². The molecule has 1 N–H and O–H groups in total. The highest BCUT2D eigenvalue weighted by Gasteiger charge is 2.10. The predicted molar refractivity (Wildman–Crippen MR) is 71.8 cm³/mol. The molecule has 0 fully saturated rings. The minimum absolute atomic E-state index is 0.128. The molecule has 1 aromatic rings. The van der Waals surface area contributed by atoms with E-state index >= 15 is 0 Å². The van der Waals surface area contributed by atoms with Crippen molar-refractivity contribution in [1.29, 1.82) is 0 Å². The summed E-state index contributed by atoms with van der Waals surface area (Å²) in [5.41, 5.74) is 2.32. The van der Waals surface area contributed by atoms with E-state index in [2.05, 4.69) is 26.1 Å². The summed E-state index contributed by atoms with van der Waals surface area (Å²) in [4.78, 5) is 0. The van der Waals surface area contributed by atoms with E-state index in [1.165, 1.54) is 30.9 Å². The van der Waals surface area contributed by atoms with Gasteiger partial charge in [0, 0.05) is 6.04 Å². The summed E-state index contributed by atoms with van der Waals surface area (Å²) in [5.74, 6) is -0.128. The van der Waals surface area contributed by atoms with Crippen LogP contribution in [0.25, 0.3) is 0 Å². The fourth-order valence-electron chi connectivity index (χ4n) is 2.14. The largest absolute Gasteiger partial charge is 0.314 e. The Morgan fingerprint density at radius 3 is 2.71 bits per heavy atom. The summed E-state index contributed by atoms with van der Waals surface area (Å²) in [7, 11) is 0. The number of rotatable bonds is 7. The Balaban J connectivity index is 2.67. The quantitative estimate of drug-likeness (QED) is 0.759. The maximum Gasteiger partial charge on any atom is 0.123 e. The van der Waals surface area contributed by atoms with Gasteiger partial charge in [-0.05, 0) is 49.6 Å². The standard InChI is InChI=1S/C15H24FN/c1-4-6-7-15(17-5-2)11-13-10-14(16)9-8-12(13)3/h8-10,15,17H,4-7,11H2,1-3H3. The van der Waals surface area contributed by atoms with Crippen LogP contribution >= 0.6 is 0 Å². The molecule has 0 spiro atoms. The summed E-state index contributed by atoms with van der Waals surface area (Å²) in [6.07, 6.45) is 4.54. The number of hydrogen-bond donors (Lipinski definition) is 1. The summed E-state index contributed by atoms with van der Waals surface area (Å²) in [6.45, 7) is 7.36. The van der Waals surface area contributed by atoms with Crippen LogP contribution in [0.4, 0.5) is 4.39 Å². The first-order valence-corrected chi connectivity index (χ1v) is 6.65. The lowest BCUT2D eigenvalue weighted by Crippen LogP contribution is -2.31. The molecular formula is C15H24FN. The molecule has 1 nitrogen and oxygen atoms in total. The highest BCUT2D eigenvalue weighted by atomic mass is 19.1. The molecule has 0 aliphatic heterocycles. The van der Waals surface area contributed by atoms with Gasteiger partial charge in [-0.2, -0.15) is 0 Å². The molecule has 1 rings (SSSR count). The van der Waals surface area contributed by atoms with Gasteiger partial charge in [-0.1, -0.05) is 32.8 Å². The number of benzene rings is 1. The van der Waals surface area contributed by atoms with E-state index in [0.717, 1.165) is 18.5 Å². The van der Waals surface area contributed by atoms with Crippen LogP contribution in [-0.4, -0.2) is 12.6 Å². The van der Waals surface area contributed by atoms with Gasteiger partial charge in [0.15, 0.2) is 0 Å². The Bertz CT molecular complexity index is 336. The highest BCUT2D eigenvalue weighted by molar-refractivity contribution is 5.27. The van der Waals surface area contributed by atoms with Crippen molar-refractivity contribution < 1.29 is 4.39 Å². The molecule has 0 bridgehead atoms. The molecule has 0 amide bonds. The van der Waals surface area contributed by atoms with E-state index in [1.54, 1.807) is 6.07 Å². The normalized spacial score (nSPS) is 12.7. The van der Waals surface area contributed by atoms with Gasteiger partial charge in [-0.15, -0.1) is 0 Å². The topological polar surface area (TPSA) is 12.0 Å². The van der Waals surface area contributed by atoms with Crippen LogP contribution in [-0.2, 0) is 6.42 Å². The molecule has 0 aliphatic carbocycles. The number of likely N-dealkylation sites (N-methyl/N-ethyl adjacent to an activating group) is 1. The Hall–Kier alpha value is -0.890. The highest BCUT2D eigenvalue weighted by Crippen LogP contribution is 2.15. The summed E-state index contributed by atoms with van der Waals surface area (Å²) < 4.78 is 13.2. The second-order valence-electron chi connectivity index (χ2n) is 4.67. The van der Waals surface area contributed by atoms with Crippen molar-refractivity contribution >= 4 is 0 Å². The molecule has 17 heavy (non-hydrogen) atoms. The smallest absolute Gasteiger partial charge is 0.123 e. The monoisotopic (exact) mass is 237 g/mol. The molecule has 1 unspecified atom stereocenters. The van der Waals surface area contributed by atoms with Crippen LogP contribution in [0.5, 0.6) is 0 Å². The van der Waals surface area contributed by atoms with Gasteiger partial charge < -0.3 is 5.32 Å². The lowest BCUT2D eigenvalue weighted by molar-refractivity contribution is 0.472. The van der Waals surface area contributed by atoms with Crippen LogP contribution < -0.4 is 5.32 Å². The zero-order valence-corrected chi connectivity index (χ0v) is 11.2. The number of nitrogens with one attached hydrogen (secondary N) is 1. The van der Waals surface area contributed by atoms with E-state index < -0.39 is 0 Å². The number of halogens is 1. The fourth-order valence-corrected chi connectivity index (χ4v) is 2.14. The SMILES string of the molecule is CCCCC(Cc1cc(F)ccc1C)NCC. The third-order valence-corrected chi connectivity index (χ3v) is 3.18. The zero-order chi connectivity index (χ0) is 12.7. The number of unbranched alkanes of at least 4 members (excludes halogenated alkanes) is 1. The van der Waals surface area contributed by atoms with Crippen molar-refractivity contribution in [3.8, 4) is 0 Å². The average Bonchev–Trinajstić information content (AvgIpc) is 2.31.